The van der Waals surface area contributed by atoms with Gasteiger partial charge in [-0.15, -0.1) is 0 Å². The van der Waals surface area contributed by atoms with Gasteiger partial charge < -0.3 is 5.32 Å². The molecule has 1 rings (SSSR count). The predicted molar refractivity (Wildman–Crippen MR) is 76.6 cm³/mol. The van der Waals surface area contributed by atoms with Gasteiger partial charge in [-0.05, 0) is 31.1 Å². The van der Waals surface area contributed by atoms with Crippen molar-refractivity contribution in [3.05, 3.63) is 29.8 Å². The van der Waals surface area contributed by atoms with Crippen LogP contribution in [-0.4, -0.2) is 23.9 Å². The topological polar surface area (TPSA) is 32.3 Å². The van der Waals surface area contributed by atoms with Crippen LogP contribution in [0.3, 0.4) is 0 Å². The number of carbonyl (C=O) groups excluding carboxylic acids is 1. The zero-order chi connectivity index (χ0) is 13.4. The molecule has 1 amide bonds. The van der Waals surface area contributed by atoms with Gasteiger partial charge >= 0.3 is 0 Å². The largest absolute Gasteiger partial charge is 0.326 e. The van der Waals surface area contributed by atoms with Crippen molar-refractivity contribution in [2.45, 2.75) is 40.2 Å². The summed E-state index contributed by atoms with van der Waals surface area (Å²) in [6, 6.07) is 8.05. The molecule has 1 N–H and O–H groups in total. The van der Waals surface area contributed by atoms with E-state index in [0.29, 0.717) is 6.42 Å². The Kier molecular flexibility index (Phi) is 6.44. The fourth-order valence-electron chi connectivity index (χ4n) is 1.91. The Morgan fingerprint density at radius 2 is 1.83 bits per heavy atom. The van der Waals surface area contributed by atoms with Crippen molar-refractivity contribution < 1.29 is 4.79 Å². The molecular weight excluding hydrogens is 224 g/mol. The predicted octanol–water partition coefficient (Wildman–Crippen LogP) is 3.27. The number of carbonyl (C=O) groups is 1. The second-order valence-corrected chi connectivity index (χ2v) is 4.42. The van der Waals surface area contributed by atoms with Crippen LogP contribution in [0.5, 0.6) is 0 Å². The lowest BCUT2D eigenvalue weighted by molar-refractivity contribution is -0.116. The number of para-hydroxylation sites is 1. The molecular formula is C15H24N2O. The van der Waals surface area contributed by atoms with Crippen molar-refractivity contribution in [3.8, 4) is 0 Å². The van der Waals surface area contributed by atoms with Crippen molar-refractivity contribution in [2.24, 2.45) is 0 Å². The Bertz CT molecular complexity index is 373. The van der Waals surface area contributed by atoms with Gasteiger partial charge in [0.15, 0.2) is 0 Å². The van der Waals surface area contributed by atoms with E-state index in [0.717, 1.165) is 31.7 Å². The highest BCUT2D eigenvalue weighted by atomic mass is 16.1. The van der Waals surface area contributed by atoms with Crippen molar-refractivity contribution in [3.63, 3.8) is 0 Å². The molecule has 0 bridgehead atoms. The van der Waals surface area contributed by atoms with Crippen molar-refractivity contribution in [1.29, 1.82) is 0 Å². The third-order valence-electron chi connectivity index (χ3n) is 3.06. The summed E-state index contributed by atoms with van der Waals surface area (Å²) >= 11 is 0. The molecule has 0 aliphatic rings. The van der Waals surface area contributed by atoms with Gasteiger partial charge in [0, 0.05) is 18.7 Å². The number of benzene rings is 1. The van der Waals surface area contributed by atoms with Gasteiger partial charge in [0.05, 0.1) is 0 Å². The molecule has 0 heterocycles. The van der Waals surface area contributed by atoms with E-state index < -0.39 is 0 Å². The fourth-order valence-corrected chi connectivity index (χ4v) is 1.91. The first-order chi connectivity index (χ1) is 8.71. The molecule has 0 aliphatic carbocycles. The van der Waals surface area contributed by atoms with Crippen LogP contribution in [-0.2, 0) is 11.3 Å². The molecule has 3 heteroatoms. The molecule has 1 aromatic rings. The molecule has 0 saturated heterocycles. The number of anilines is 1. The minimum absolute atomic E-state index is 0.101. The average molecular weight is 248 g/mol. The third-order valence-corrected chi connectivity index (χ3v) is 3.06. The lowest BCUT2D eigenvalue weighted by Gasteiger charge is -2.20. The maximum Gasteiger partial charge on any atom is 0.224 e. The number of rotatable bonds is 7. The summed E-state index contributed by atoms with van der Waals surface area (Å²) in [6.07, 6.45) is 1.46. The van der Waals surface area contributed by atoms with Gasteiger partial charge in [0.25, 0.3) is 0 Å². The van der Waals surface area contributed by atoms with Crippen LogP contribution in [0.25, 0.3) is 0 Å². The molecule has 3 nitrogen and oxygen atoms in total. The third kappa shape index (κ3) is 4.49. The monoisotopic (exact) mass is 248 g/mol. The van der Waals surface area contributed by atoms with Crippen LogP contribution in [0.2, 0.25) is 0 Å². The first-order valence-electron chi connectivity index (χ1n) is 6.81. The normalized spacial score (nSPS) is 10.7. The zero-order valence-corrected chi connectivity index (χ0v) is 11.7. The smallest absolute Gasteiger partial charge is 0.224 e. The van der Waals surface area contributed by atoms with Crippen LogP contribution >= 0.6 is 0 Å². The highest BCUT2D eigenvalue weighted by molar-refractivity contribution is 5.91. The fraction of sp³-hybridized carbons (Fsp3) is 0.533. The molecule has 1 aromatic carbocycles. The van der Waals surface area contributed by atoms with Crippen molar-refractivity contribution in [2.75, 3.05) is 18.4 Å². The minimum atomic E-state index is 0.101. The summed E-state index contributed by atoms with van der Waals surface area (Å²) in [4.78, 5) is 14.0. The van der Waals surface area contributed by atoms with Crippen LogP contribution in [0.1, 0.15) is 39.2 Å². The van der Waals surface area contributed by atoms with Gasteiger partial charge in [-0.2, -0.15) is 0 Å². The average Bonchev–Trinajstić information content (AvgIpc) is 2.38. The molecule has 18 heavy (non-hydrogen) atoms. The summed E-state index contributed by atoms with van der Waals surface area (Å²) in [7, 11) is 0. The Hall–Kier alpha value is -1.35. The lowest BCUT2D eigenvalue weighted by atomic mass is 10.1. The number of hydrogen-bond donors (Lipinski definition) is 1. The van der Waals surface area contributed by atoms with Gasteiger partial charge in [-0.25, -0.2) is 0 Å². The lowest BCUT2D eigenvalue weighted by Crippen LogP contribution is -2.23. The van der Waals surface area contributed by atoms with E-state index in [1.807, 2.05) is 25.1 Å². The molecule has 0 saturated carbocycles. The van der Waals surface area contributed by atoms with E-state index in [-0.39, 0.29) is 5.91 Å². The molecule has 0 aliphatic heterocycles. The van der Waals surface area contributed by atoms with Crippen molar-refractivity contribution >= 4 is 11.6 Å². The first kappa shape index (κ1) is 14.7. The molecule has 0 aromatic heterocycles. The number of hydrogen-bond acceptors (Lipinski definition) is 2. The number of nitrogens with zero attached hydrogens (tertiary/aromatic N) is 1. The van der Waals surface area contributed by atoms with Crippen LogP contribution in [0, 0.1) is 0 Å². The van der Waals surface area contributed by atoms with E-state index in [1.54, 1.807) is 0 Å². The summed E-state index contributed by atoms with van der Waals surface area (Å²) in [6.45, 7) is 9.25. The molecule has 0 fully saturated rings. The van der Waals surface area contributed by atoms with Gasteiger partial charge in [-0.3, -0.25) is 9.69 Å². The zero-order valence-electron chi connectivity index (χ0n) is 11.7. The van der Waals surface area contributed by atoms with E-state index in [4.69, 9.17) is 0 Å². The number of nitrogens with one attached hydrogen (secondary N) is 1. The Morgan fingerprint density at radius 1 is 1.17 bits per heavy atom. The van der Waals surface area contributed by atoms with Gasteiger partial charge in [-0.1, -0.05) is 39.0 Å². The van der Waals surface area contributed by atoms with Gasteiger partial charge in [0.2, 0.25) is 5.91 Å². The summed E-state index contributed by atoms with van der Waals surface area (Å²) < 4.78 is 0. The maximum atomic E-state index is 11.7. The highest BCUT2D eigenvalue weighted by Gasteiger charge is 2.08. The number of amides is 1. The molecule has 0 radical (unpaired) electrons. The van der Waals surface area contributed by atoms with Crippen molar-refractivity contribution in [1.82, 2.24) is 4.90 Å². The van der Waals surface area contributed by atoms with E-state index in [2.05, 4.69) is 30.1 Å². The molecule has 0 spiro atoms. The summed E-state index contributed by atoms with van der Waals surface area (Å²) in [5.41, 5.74) is 2.13. The van der Waals surface area contributed by atoms with Crippen LogP contribution < -0.4 is 5.32 Å². The summed E-state index contributed by atoms with van der Waals surface area (Å²) in [5, 5.41) is 3.00. The molecule has 100 valence electrons. The van der Waals surface area contributed by atoms with E-state index in [9.17, 15) is 4.79 Å². The Morgan fingerprint density at radius 3 is 2.44 bits per heavy atom. The quantitative estimate of drug-likeness (QED) is 0.803. The molecule has 0 atom stereocenters. The second kappa shape index (κ2) is 7.88. The Labute approximate surface area is 110 Å². The SMILES string of the molecule is CCCC(=O)Nc1ccccc1CN(CC)CC. The van der Waals surface area contributed by atoms with Crippen LogP contribution in [0.4, 0.5) is 5.69 Å². The standard InChI is InChI=1S/C15H24N2O/c1-4-9-15(18)16-14-11-8-7-10-13(14)12-17(5-2)6-3/h7-8,10-11H,4-6,9,12H2,1-3H3,(H,16,18). The van der Waals surface area contributed by atoms with E-state index >= 15 is 0 Å². The maximum absolute atomic E-state index is 11.7. The van der Waals surface area contributed by atoms with Crippen LogP contribution in [0.15, 0.2) is 24.3 Å². The Balaban J connectivity index is 2.75. The van der Waals surface area contributed by atoms with E-state index in [1.165, 1.54) is 5.56 Å². The summed E-state index contributed by atoms with van der Waals surface area (Å²) in [5.74, 6) is 0.101. The minimum Gasteiger partial charge on any atom is -0.326 e. The first-order valence-corrected chi connectivity index (χ1v) is 6.81. The molecule has 0 unspecified atom stereocenters. The second-order valence-electron chi connectivity index (χ2n) is 4.42. The van der Waals surface area contributed by atoms with Gasteiger partial charge in [0.1, 0.15) is 0 Å². The highest BCUT2D eigenvalue weighted by Crippen LogP contribution is 2.17.